The van der Waals surface area contributed by atoms with Crippen LogP contribution < -0.4 is 5.32 Å². The van der Waals surface area contributed by atoms with Gasteiger partial charge in [0, 0.05) is 0 Å². The first-order valence-corrected chi connectivity index (χ1v) is 4.76. The predicted molar refractivity (Wildman–Crippen MR) is 51.0 cm³/mol. The number of hydrogen-bond donors (Lipinski definition) is 1. The van der Waals surface area contributed by atoms with Gasteiger partial charge in [0.25, 0.3) is 0 Å². The van der Waals surface area contributed by atoms with Crippen molar-refractivity contribution in [1.82, 2.24) is 9.97 Å². The lowest BCUT2D eigenvalue weighted by Gasteiger charge is -1.96. The van der Waals surface area contributed by atoms with E-state index in [1.54, 1.807) is 12.5 Å². The maximum atomic E-state index is 5.70. The minimum atomic E-state index is 0.598. The summed E-state index contributed by atoms with van der Waals surface area (Å²) in [5.41, 5.74) is 0.839. The second-order valence-electron chi connectivity index (χ2n) is 2.30. The van der Waals surface area contributed by atoms with Crippen LogP contribution in [0.2, 0.25) is 4.34 Å². The topological polar surface area (TPSA) is 51.0 Å². The van der Waals surface area contributed by atoms with E-state index in [1.807, 2.05) is 0 Å². The average Bonchev–Trinajstić information content (AvgIpc) is 2.71. The molecule has 68 valence electrons. The number of rotatable bonds is 3. The fourth-order valence-electron chi connectivity index (χ4n) is 0.827. The Morgan fingerprint density at radius 2 is 2.46 bits per heavy atom. The molecule has 0 aliphatic heterocycles. The third kappa shape index (κ3) is 2.19. The molecule has 0 aliphatic rings. The lowest BCUT2D eigenvalue weighted by Crippen LogP contribution is -1.98. The minimum absolute atomic E-state index is 0.598. The quantitative estimate of drug-likeness (QED) is 0.854. The molecular formula is C7H6ClN3OS. The summed E-state index contributed by atoms with van der Waals surface area (Å²) in [7, 11) is 0. The molecule has 2 aromatic rings. The van der Waals surface area contributed by atoms with E-state index in [4.69, 9.17) is 16.0 Å². The molecule has 0 amide bonds. The van der Waals surface area contributed by atoms with Gasteiger partial charge >= 0.3 is 0 Å². The van der Waals surface area contributed by atoms with Crippen molar-refractivity contribution >= 4 is 28.1 Å². The maximum Gasteiger partial charge on any atom is 0.184 e. The van der Waals surface area contributed by atoms with Gasteiger partial charge in [-0.2, -0.15) is 0 Å². The molecule has 2 rings (SSSR count). The number of thiazole rings is 1. The van der Waals surface area contributed by atoms with Gasteiger partial charge in [-0.1, -0.05) is 22.9 Å². The Morgan fingerprint density at radius 1 is 1.54 bits per heavy atom. The van der Waals surface area contributed by atoms with Crippen LogP contribution in [0.4, 0.5) is 5.13 Å². The highest BCUT2D eigenvalue weighted by atomic mass is 35.5. The van der Waals surface area contributed by atoms with Crippen LogP contribution >= 0.6 is 22.9 Å². The lowest BCUT2D eigenvalue weighted by molar-refractivity contribution is 0.556. The van der Waals surface area contributed by atoms with Gasteiger partial charge in [0.05, 0.1) is 18.4 Å². The van der Waals surface area contributed by atoms with Gasteiger partial charge in [0.1, 0.15) is 10.6 Å². The molecule has 4 nitrogen and oxygen atoms in total. The smallest absolute Gasteiger partial charge is 0.184 e. The zero-order chi connectivity index (χ0) is 9.10. The zero-order valence-electron chi connectivity index (χ0n) is 6.53. The summed E-state index contributed by atoms with van der Waals surface area (Å²) in [6.07, 6.45) is 4.59. The predicted octanol–water partition coefficient (Wildman–Crippen LogP) is 2.40. The molecule has 0 saturated heterocycles. The molecule has 0 atom stereocenters. The Hall–Kier alpha value is -1.07. The molecule has 0 spiro atoms. The molecule has 0 unspecified atom stereocenters. The van der Waals surface area contributed by atoms with Crippen LogP contribution in [0.1, 0.15) is 5.69 Å². The minimum Gasteiger partial charge on any atom is -0.451 e. The Balaban J connectivity index is 1.93. The highest BCUT2D eigenvalue weighted by Gasteiger charge is 2.00. The van der Waals surface area contributed by atoms with Crippen LogP contribution in [-0.2, 0) is 6.54 Å². The zero-order valence-corrected chi connectivity index (χ0v) is 8.10. The molecule has 2 aromatic heterocycles. The molecule has 0 fully saturated rings. The van der Waals surface area contributed by atoms with E-state index in [1.165, 1.54) is 17.7 Å². The Bertz CT molecular complexity index is 373. The summed E-state index contributed by atoms with van der Waals surface area (Å²) in [4.78, 5) is 7.99. The monoisotopic (exact) mass is 215 g/mol. The molecule has 1 N–H and O–H groups in total. The van der Waals surface area contributed by atoms with Crippen molar-refractivity contribution in [3.05, 3.63) is 28.9 Å². The van der Waals surface area contributed by atoms with Crippen molar-refractivity contribution in [2.24, 2.45) is 0 Å². The number of oxazole rings is 1. The molecule has 2 heterocycles. The third-order valence-electron chi connectivity index (χ3n) is 1.38. The summed E-state index contributed by atoms with van der Waals surface area (Å²) >= 11 is 7.10. The van der Waals surface area contributed by atoms with E-state index in [-0.39, 0.29) is 0 Å². The normalized spacial score (nSPS) is 10.2. The molecule has 0 aliphatic carbocycles. The van der Waals surface area contributed by atoms with E-state index >= 15 is 0 Å². The lowest BCUT2D eigenvalue weighted by atomic mass is 10.5. The first-order valence-electron chi connectivity index (χ1n) is 3.57. The van der Waals surface area contributed by atoms with Gasteiger partial charge in [-0.3, -0.25) is 0 Å². The van der Waals surface area contributed by atoms with Crippen LogP contribution in [0.25, 0.3) is 0 Å². The highest BCUT2D eigenvalue weighted by molar-refractivity contribution is 7.19. The molecule has 0 radical (unpaired) electrons. The molecule has 0 aromatic carbocycles. The Morgan fingerprint density at radius 3 is 3.08 bits per heavy atom. The number of halogens is 1. The van der Waals surface area contributed by atoms with Crippen LogP contribution in [0.5, 0.6) is 0 Å². The van der Waals surface area contributed by atoms with Gasteiger partial charge in [-0.25, -0.2) is 9.97 Å². The van der Waals surface area contributed by atoms with Crippen molar-refractivity contribution in [2.45, 2.75) is 6.54 Å². The largest absolute Gasteiger partial charge is 0.451 e. The number of nitrogens with one attached hydrogen (secondary N) is 1. The van der Waals surface area contributed by atoms with Crippen LogP contribution in [0.3, 0.4) is 0 Å². The van der Waals surface area contributed by atoms with E-state index in [0.29, 0.717) is 10.9 Å². The number of anilines is 1. The van der Waals surface area contributed by atoms with Crippen molar-refractivity contribution in [3.63, 3.8) is 0 Å². The summed E-state index contributed by atoms with van der Waals surface area (Å²) in [6, 6.07) is 0. The molecule has 6 heteroatoms. The van der Waals surface area contributed by atoms with Gasteiger partial charge in [-0.15, -0.1) is 0 Å². The number of hydrogen-bond acceptors (Lipinski definition) is 5. The number of nitrogens with zero attached hydrogens (tertiary/aromatic N) is 2. The van der Waals surface area contributed by atoms with Gasteiger partial charge in [-0.05, 0) is 0 Å². The fourth-order valence-corrected chi connectivity index (χ4v) is 1.64. The molecule has 13 heavy (non-hydrogen) atoms. The van der Waals surface area contributed by atoms with Crippen LogP contribution in [0, 0.1) is 0 Å². The van der Waals surface area contributed by atoms with Gasteiger partial charge in [0.2, 0.25) is 0 Å². The van der Waals surface area contributed by atoms with Crippen LogP contribution in [-0.4, -0.2) is 9.97 Å². The first-order chi connectivity index (χ1) is 6.34. The Kier molecular flexibility index (Phi) is 2.47. The van der Waals surface area contributed by atoms with Gasteiger partial charge in [0.15, 0.2) is 11.5 Å². The molecular weight excluding hydrogens is 210 g/mol. The van der Waals surface area contributed by atoms with Gasteiger partial charge < -0.3 is 9.73 Å². The molecule has 0 bridgehead atoms. The first kappa shape index (κ1) is 8.52. The maximum absolute atomic E-state index is 5.70. The van der Waals surface area contributed by atoms with Crippen molar-refractivity contribution in [3.8, 4) is 0 Å². The van der Waals surface area contributed by atoms with Crippen molar-refractivity contribution in [2.75, 3.05) is 5.32 Å². The summed E-state index contributed by atoms with van der Waals surface area (Å²) in [5, 5.41) is 3.85. The van der Waals surface area contributed by atoms with Crippen molar-refractivity contribution < 1.29 is 4.42 Å². The Labute approximate surface area is 83.6 Å². The molecule has 0 saturated carbocycles. The van der Waals surface area contributed by atoms with E-state index < -0.39 is 0 Å². The highest BCUT2D eigenvalue weighted by Crippen LogP contribution is 2.22. The number of aromatic nitrogens is 2. The van der Waals surface area contributed by atoms with E-state index in [9.17, 15) is 0 Å². The standard InChI is InChI=1S/C7H6ClN3OS/c8-6-2-10-7(13-6)9-1-5-3-12-4-11-5/h2-4H,1H2,(H,9,10). The van der Waals surface area contributed by atoms with Crippen molar-refractivity contribution in [1.29, 1.82) is 0 Å². The second kappa shape index (κ2) is 3.76. The second-order valence-corrected chi connectivity index (χ2v) is 3.96. The fraction of sp³-hybridized carbons (Fsp3) is 0.143. The van der Waals surface area contributed by atoms with Crippen LogP contribution in [0.15, 0.2) is 23.3 Å². The SMILES string of the molecule is Clc1cnc(NCc2cocn2)s1. The third-order valence-corrected chi connectivity index (χ3v) is 2.45. The average molecular weight is 216 g/mol. The summed E-state index contributed by atoms with van der Waals surface area (Å²) in [5.74, 6) is 0. The summed E-state index contributed by atoms with van der Waals surface area (Å²) in [6.45, 7) is 0.598. The van der Waals surface area contributed by atoms with E-state index in [0.717, 1.165) is 10.8 Å². The van der Waals surface area contributed by atoms with E-state index in [2.05, 4.69) is 15.3 Å². The summed E-state index contributed by atoms with van der Waals surface area (Å²) < 4.78 is 5.48.